The van der Waals surface area contributed by atoms with Gasteiger partial charge in [-0.25, -0.2) is 4.39 Å². The maximum absolute atomic E-state index is 13.4. The van der Waals surface area contributed by atoms with E-state index in [1.807, 2.05) is 29.2 Å². The van der Waals surface area contributed by atoms with Crippen LogP contribution in [0.4, 0.5) is 4.39 Å². The standard InChI is InChI=1S/C15H19BrFN3/c1-3-7-18-15(12-9-19-20(4-2)10-12)11-5-6-14(17)13(16)8-11/h5-6,8-10,15,18H,3-4,7H2,1-2H3. The molecule has 0 radical (unpaired) electrons. The van der Waals surface area contributed by atoms with Crippen LogP contribution in [0.25, 0.3) is 0 Å². The molecule has 0 aliphatic rings. The number of halogens is 2. The summed E-state index contributed by atoms with van der Waals surface area (Å²) < 4.78 is 15.8. The second-order valence-corrected chi connectivity index (χ2v) is 5.54. The first-order valence-electron chi connectivity index (χ1n) is 6.86. The summed E-state index contributed by atoms with van der Waals surface area (Å²) in [6.07, 6.45) is 4.94. The van der Waals surface area contributed by atoms with Crippen LogP contribution < -0.4 is 5.32 Å². The molecule has 0 amide bonds. The van der Waals surface area contributed by atoms with Crippen LogP contribution in [-0.4, -0.2) is 16.3 Å². The topological polar surface area (TPSA) is 29.9 Å². The summed E-state index contributed by atoms with van der Waals surface area (Å²) in [5, 5.41) is 7.81. The zero-order chi connectivity index (χ0) is 14.5. The van der Waals surface area contributed by atoms with Gasteiger partial charge in [0, 0.05) is 18.3 Å². The highest BCUT2D eigenvalue weighted by Gasteiger charge is 2.16. The molecule has 2 aromatic rings. The van der Waals surface area contributed by atoms with Gasteiger partial charge in [-0.1, -0.05) is 13.0 Å². The minimum Gasteiger partial charge on any atom is -0.306 e. The van der Waals surface area contributed by atoms with Gasteiger partial charge in [-0.2, -0.15) is 5.10 Å². The molecule has 5 heteroatoms. The Kier molecular flexibility index (Phi) is 5.31. The van der Waals surface area contributed by atoms with Gasteiger partial charge in [0.05, 0.1) is 16.7 Å². The van der Waals surface area contributed by atoms with Crippen LogP contribution >= 0.6 is 15.9 Å². The van der Waals surface area contributed by atoms with Gasteiger partial charge in [0.25, 0.3) is 0 Å². The summed E-state index contributed by atoms with van der Waals surface area (Å²) in [5.74, 6) is -0.243. The summed E-state index contributed by atoms with van der Waals surface area (Å²) >= 11 is 3.25. The second kappa shape index (κ2) is 6.99. The minimum absolute atomic E-state index is 0.0344. The quantitative estimate of drug-likeness (QED) is 0.865. The molecule has 1 aromatic carbocycles. The van der Waals surface area contributed by atoms with E-state index >= 15 is 0 Å². The SMILES string of the molecule is CCCNC(c1ccc(F)c(Br)c1)c1cnn(CC)c1. The van der Waals surface area contributed by atoms with Gasteiger partial charge in [-0.3, -0.25) is 4.68 Å². The Bertz CT molecular complexity index is 568. The fourth-order valence-corrected chi connectivity index (χ4v) is 2.51. The lowest BCUT2D eigenvalue weighted by Gasteiger charge is -2.18. The van der Waals surface area contributed by atoms with Crippen molar-refractivity contribution in [1.82, 2.24) is 15.1 Å². The average molecular weight is 340 g/mol. The van der Waals surface area contributed by atoms with E-state index in [4.69, 9.17) is 0 Å². The van der Waals surface area contributed by atoms with E-state index in [1.54, 1.807) is 0 Å². The molecule has 1 heterocycles. The third kappa shape index (κ3) is 3.46. The lowest BCUT2D eigenvalue weighted by atomic mass is 10.0. The van der Waals surface area contributed by atoms with Gasteiger partial charge < -0.3 is 5.32 Å². The molecule has 0 fully saturated rings. The lowest BCUT2D eigenvalue weighted by Crippen LogP contribution is -2.23. The van der Waals surface area contributed by atoms with Crippen LogP contribution in [0, 0.1) is 5.82 Å². The van der Waals surface area contributed by atoms with Crippen molar-refractivity contribution in [2.75, 3.05) is 6.54 Å². The van der Waals surface area contributed by atoms with Crippen molar-refractivity contribution in [1.29, 1.82) is 0 Å². The maximum Gasteiger partial charge on any atom is 0.137 e. The molecular weight excluding hydrogens is 321 g/mol. The summed E-state index contributed by atoms with van der Waals surface area (Å²) in [5.41, 5.74) is 2.13. The number of benzene rings is 1. The molecule has 0 saturated heterocycles. The highest BCUT2D eigenvalue weighted by Crippen LogP contribution is 2.26. The van der Waals surface area contributed by atoms with Crippen molar-refractivity contribution in [2.24, 2.45) is 0 Å². The third-order valence-electron chi connectivity index (χ3n) is 3.19. The van der Waals surface area contributed by atoms with Crippen molar-refractivity contribution in [3.8, 4) is 0 Å². The molecule has 1 unspecified atom stereocenters. The molecule has 20 heavy (non-hydrogen) atoms. The Hall–Kier alpha value is -1.20. The van der Waals surface area contributed by atoms with E-state index in [9.17, 15) is 4.39 Å². The zero-order valence-corrected chi connectivity index (χ0v) is 13.3. The van der Waals surface area contributed by atoms with Crippen molar-refractivity contribution >= 4 is 15.9 Å². The first-order chi connectivity index (χ1) is 9.65. The van der Waals surface area contributed by atoms with Gasteiger partial charge in [0.15, 0.2) is 0 Å². The molecule has 1 atom stereocenters. The minimum atomic E-state index is -0.243. The van der Waals surface area contributed by atoms with Gasteiger partial charge in [0.2, 0.25) is 0 Å². The number of aryl methyl sites for hydroxylation is 1. The largest absolute Gasteiger partial charge is 0.306 e. The Morgan fingerprint density at radius 3 is 2.75 bits per heavy atom. The van der Waals surface area contributed by atoms with E-state index in [1.165, 1.54) is 6.07 Å². The Morgan fingerprint density at radius 1 is 1.35 bits per heavy atom. The molecule has 0 aliphatic heterocycles. The maximum atomic E-state index is 13.4. The Balaban J connectivity index is 2.32. The molecule has 2 rings (SSSR count). The number of aromatic nitrogens is 2. The van der Waals surface area contributed by atoms with E-state index in [0.29, 0.717) is 4.47 Å². The molecular formula is C15H19BrFN3. The summed E-state index contributed by atoms with van der Waals surface area (Å²) in [7, 11) is 0. The molecule has 1 aromatic heterocycles. The predicted molar refractivity (Wildman–Crippen MR) is 82.1 cm³/mol. The average Bonchev–Trinajstić information content (AvgIpc) is 2.92. The van der Waals surface area contributed by atoms with E-state index in [2.05, 4.69) is 40.2 Å². The van der Waals surface area contributed by atoms with Gasteiger partial charge >= 0.3 is 0 Å². The van der Waals surface area contributed by atoms with Gasteiger partial charge in [-0.15, -0.1) is 0 Å². The van der Waals surface area contributed by atoms with Crippen LogP contribution in [0.1, 0.15) is 37.4 Å². The van der Waals surface area contributed by atoms with Crippen molar-refractivity contribution in [3.63, 3.8) is 0 Å². The molecule has 108 valence electrons. The van der Waals surface area contributed by atoms with Crippen LogP contribution in [0.2, 0.25) is 0 Å². The third-order valence-corrected chi connectivity index (χ3v) is 3.79. The van der Waals surface area contributed by atoms with Crippen molar-refractivity contribution < 1.29 is 4.39 Å². The molecule has 0 aliphatic carbocycles. The van der Waals surface area contributed by atoms with Gasteiger partial charge in [-0.05, 0) is 53.5 Å². The number of hydrogen-bond acceptors (Lipinski definition) is 2. The molecule has 1 N–H and O–H groups in total. The van der Waals surface area contributed by atoms with Crippen LogP contribution in [0.15, 0.2) is 35.1 Å². The molecule has 3 nitrogen and oxygen atoms in total. The number of hydrogen-bond donors (Lipinski definition) is 1. The smallest absolute Gasteiger partial charge is 0.137 e. The highest BCUT2D eigenvalue weighted by atomic mass is 79.9. The monoisotopic (exact) mass is 339 g/mol. The Morgan fingerprint density at radius 2 is 2.15 bits per heavy atom. The van der Waals surface area contributed by atoms with Gasteiger partial charge in [0.1, 0.15) is 5.82 Å². The number of nitrogens with one attached hydrogen (secondary N) is 1. The van der Waals surface area contributed by atoms with E-state index in [0.717, 1.165) is 30.6 Å². The second-order valence-electron chi connectivity index (χ2n) is 4.69. The van der Waals surface area contributed by atoms with E-state index < -0.39 is 0 Å². The number of nitrogens with zero attached hydrogens (tertiary/aromatic N) is 2. The van der Waals surface area contributed by atoms with E-state index in [-0.39, 0.29) is 11.9 Å². The molecule has 0 bridgehead atoms. The summed E-state index contributed by atoms with van der Waals surface area (Å²) in [4.78, 5) is 0. The van der Waals surface area contributed by atoms with Crippen LogP contribution in [-0.2, 0) is 6.54 Å². The summed E-state index contributed by atoms with van der Waals surface area (Å²) in [6.45, 7) is 5.92. The number of rotatable bonds is 6. The summed E-state index contributed by atoms with van der Waals surface area (Å²) in [6, 6.07) is 5.17. The first-order valence-corrected chi connectivity index (χ1v) is 7.65. The predicted octanol–water partition coefficient (Wildman–Crippen LogP) is 3.89. The molecule has 0 saturated carbocycles. The van der Waals surface area contributed by atoms with Crippen molar-refractivity contribution in [3.05, 3.63) is 52.0 Å². The highest BCUT2D eigenvalue weighted by molar-refractivity contribution is 9.10. The normalized spacial score (nSPS) is 12.6. The Labute approximate surface area is 127 Å². The zero-order valence-electron chi connectivity index (χ0n) is 11.7. The van der Waals surface area contributed by atoms with Crippen LogP contribution in [0.5, 0.6) is 0 Å². The fraction of sp³-hybridized carbons (Fsp3) is 0.400. The molecule has 0 spiro atoms. The van der Waals surface area contributed by atoms with Crippen LogP contribution in [0.3, 0.4) is 0 Å². The van der Waals surface area contributed by atoms with Crippen molar-refractivity contribution in [2.45, 2.75) is 32.9 Å². The fourth-order valence-electron chi connectivity index (χ4n) is 2.11. The lowest BCUT2D eigenvalue weighted by molar-refractivity contribution is 0.589. The first kappa shape index (κ1) is 15.2.